The first kappa shape index (κ1) is 10.6. The summed E-state index contributed by atoms with van der Waals surface area (Å²) in [5.74, 6) is -7.09. The second-order valence-electron chi connectivity index (χ2n) is 2.44. The van der Waals surface area contributed by atoms with E-state index in [2.05, 4.69) is 4.74 Å². The molecule has 1 aromatic carbocycles. The lowest BCUT2D eigenvalue weighted by Gasteiger charge is -2.10. The lowest BCUT2D eigenvalue weighted by atomic mass is 10.2. The first-order valence-corrected chi connectivity index (χ1v) is 3.45. The van der Waals surface area contributed by atoms with Crippen molar-refractivity contribution in [3.63, 3.8) is 0 Å². The molecule has 0 radical (unpaired) electrons. The van der Waals surface area contributed by atoms with Gasteiger partial charge in [0.25, 0.3) is 0 Å². The predicted octanol–water partition coefficient (Wildman–Crippen LogP) is 0.271. The summed E-state index contributed by atoms with van der Waals surface area (Å²) in [6.45, 7) is 0. The van der Waals surface area contributed by atoms with E-state index in [0.717, 1.165) is 0 Å². The molecule has 0 fully saturated rings. The molecule has 0 unspecified atom stereocenters. The molecule has 1 aromatic rings. The number of benzene rings is 1. The Kier molecular flexibility index (Phi) is 2.35. The minimum atomic E-state index is -1.88. The molecule has 6 N–H and O–H groups in total. The van der Waals surface area contributed by atoms with Crippen molar-refractivity contribution in [2.75, 3.05) is 0 Å². The first-order chi connectivity index (χ1) is 6.86. The molecular formula is C7H6O8. The summed E-state index contributed by atoms with van der Waals surface area (Å²) in [5, 5.41) is 53.1. The van der Waals surface area contributed by atoms with Crippen LogP contribution in [0.4, 0.5) is 4.79 Å². The van der Waals surface area contributed by atoms with Crippen LogP contribution >= 0.6 is 0 Å². The largest absolute Gasteiger partial charge is 0.511 e. The number of hydrogen-bond acceptors (Lipinski definition) is 7. The van der Waals surface area contributed by atoms with E-state index in [9.17, 15) is 4.79 Å². The quantitative estimate of drug-likeness (QED) is 0.170. The maximum Gasteiger partial charge on any atom is 0.511 e. The van der Waals surface area contributed by atoms with Crippen LogP contribution in [-0.2, 0) is 0 Å². The molecule has 0 aromatic heterocycles. The van der Waals surface area contributed by atoms with Gasteiger partial charge in [0.2, 0.25) is 34.5 Å². The molecule has 0 aliphatic rings. The molecule has 8 heteroatoms. The number of carbonyl (C=O) groups is 1. The summed E-state index contributed by atoms with van der Waals surface area (Å²) >= 11 is 0. The lowest BCUT2D eigenvalue weighted by molar-refractivity contribution is 0.140. The molecule has 0 spiro atoms. The third-order valence-corrected chi connectivity index (χ3v) is 1.52. The Morgan fingerprint density at radius 2 is 1.13 bits per heavy atom. The summed E-state index contributed by atoms with van der Waals surface area (Å²) in [5.41, 5.74) is 0. The van der Waals surface area contributed by atoms with Gasteiger partial charge in [-0.2, -0.15) is 0 Å². The summed E-state index contributed by atoms with van der Waals surface area (Å²) in [7, 11) is 0. The van der Waals surface area contributed by atoms with Crippen molar-refractivity contribution in [3.8, 4) is 34.5 Å². The van der Waals surface area contributed by atoms with Crippen LogP contribution in [0.25, 0.3) is 0 Å². The van der Waals surface area contributed by atoms with E-state index in [0.29, 0.717) is 0 Å². The first-order valence-electron chi connectivity index (χ1n) is 3.45. The number of hydrogen-bond donors (Lipinski definition) is 6. The van der Waals surface area contributed by atoms with E-state index in [1.165, 1.54) is 0 Å². The van der Waals surface area contributed by atoms with Crippen LogP contribution < -0.4 is 4.74 Å². The van der Waals surface area contributed by atoms with Crippen molar-refractivity contribution in [1.82, 2.24) is 0 Å². The van der Waals surface area contributed by atoms with Crippen molar-refractivity contribution in [2.24, 2.45) is 0 Å². The number of phenols is 5. The van der Waals surface area contributed by atoms with Crippen LogP contribution in [0.15, 0.2) is 0 Å². The van der Waals surface area contributed by atoms with Crippen molar-refractivity contribution < 1.29 is 40.2 Å². The van der Waals surface area contributed by atoms with Crippen LogP contribution in [-0.4, -0.2) is 36.8 Å². The normalized spacial score (nSPS) is 9.87. The smallest absolute Gasteiger partial charge is 0.502 e. The molecule has 15 heavy (non-hydrogen) atoms. The minimum absolute atomic E-state index is 1.07. The van der Waals surface area contributed by atoms with Gasteiger partial charge < -0.3 is 35.4 Å². The molecule has 0 aliphatic heterocycles. The zero-order chi connectivity index (χ0) is 11.7. The molecule has 0 saturated carbocycles. The van der Waals surface area contributed by atoms with Gasteiger partial charge >= 0.3 is 6.16 Å². The summed E-state index contributed by atoms with van der Waals surface area (Å²) < 4.78 is 3.88. The highest BCUT2D eigenvalue weighted by Crippen LogP contribution is 2.55. The van der Waals surface area contributed by atoms with Crippen LogP contribution in [0.3, 0.4) is 0 Å². The fraction of sp³-hybridized carbons (Fsp3) is 0. The van der Waals surface area contributed by atoms with Gasteiger partial charge in [0.05, 0.1) is 0 Å². The predicted molar refractivity (Wildman–Crippen MR) is 43.4 cm³/mol. The molecular weight excluding hydrogens is 212 g/mol. The Hall–Kier alpha value is -2.51. The van der Waals surface area contributed by atoms with E-state index in [1.807, 2.05) is 0 Å². The highest BCUT2D eigenvalue weighted by molar-refractivity contribution is 5.74. The molecule has 0 heterocycles. The monoisotopic (exact) mass is 218 g/mol. The third-order valence-electron chi connectivity index (χ3n) is 1.52. The summed E-state index contributed by atoms with van der Waals surface area (Å²) in [6, 6.07) is 0. The van der Waals surface area contributed by atoms with Crippen LogP contribution in [0.1, 0.15) is 0 Å². The average molecular weight is 218 g/mol. The second-order valence-corrected chi connectivity index (χ2v) is 2.44. The zero-order valence-electron chi connectivity index (χ0n) is 7.00. The molecule has 0 saturated heterocycles. The van der Waals surface area contributed by atoms with Gasteiger partial charge in [-0.1, -0.05) is 0 Å². The van der Waals surface area contributed by atoms with Crippen molar-refractivity contribution in [3.05, 3.63) is 0 Å². The van der Waals surface area contributed by atoms with Crippen LogP contribution in [0, 0.1) is 0 Å². The Morgan fingerprint density at radius 1 is 0.800 bits per heavy atom. The van der Waals surface area contributed by atoms with Gasteiger partial charge in [-0.15, -0.1) is 0 Å². The summed E-state index contributed by atoms with van der Waals surface area (Å²) in [4.78, 5) is 10.1. The number of ether oxygens (including phenoxy) is 1. The van der Waals surface area contributed by atoms with Crippen LogP contribution in [0.5, 0.6) is 34.5 Å². The average Bonchev–Trinajstić information content (AvgIpc) is 2.18. The van der Waals surface area contributed by atoms with Crippen molar-refractivity contribution in [1.29, 1.82) is 0 Å². The van der Waals surface area contributed by atoms with Gasteiger partial charge in [0.15, 0.2) is 0 Å². The molecule has 1 rings (SSSR count). The Balaban J connectivity index is 3.45. The molecule has 0 bridgehead atoms. The summed E-state index contributed by atoms with van der Waals surface area (Å²) in [6.07, 6.45) is -1.88. The van der Waals surface area contributed by atoms with Gasteiger partial charge in [0.1, 0.15) is 0 Å². The molecule has 82 valence electrons. The number of rotatable bonds is 1. The third kappa shape index (κ3) is 1.59. The maximum absolute atomic E-state index is 10.1. The second kappa shape index (κ2) is 3.33. The minimum Gasteiger partial charge on any atom is -0.502 e. The SMILES string of the molecule is O=C(O)Oc1c(O)c(O)c(O)c(O)c1O. The molecule has 0 aliphatic carbocycles. The van der Waals surface area contributed by atoms with E-state index in [1.54, 1.807) is 0 Å². The van der Waals surface area contributed by atoms with Crippen molar-refractivity contribution >= 4 is 6.16 Å². The Bertz CT molecular complexity index is 394. The molecule has 0 amide bonds. The highest BCUT2D eigenvalue weighted by atomic mass is 16.7. The standard InChI is InChI=1S/C7H6O8/c8-1-2(9)4(11)6(15-7(13)14)5(12)3(1)10/h8-12H,(H,13,14). The van der Waals surface area contributed by atoms with E-state index >= 15 is 0 Å². The molecule has 8 nitrogen and oxygen atoms in total. The Morgan fingerprint density at radius 3 is 1.47 bits per heavy atom. The van der Waals surface area contributed by atoms with Gasteiger partial charge in [0, 0.05) is 0 Å². The maximum atomic E-state index is 10.1. The number of aromatic hydroxyl groups is 5. The number of carboxylic acid groups (broad SMARTS) is 1. The van der Waals surface area contributed by atoms with E-state index in [4.69, 9.17) is 30.6 Å². The van der Waals surface area contributed by atoms with Crippen LogP contribution in [0.2, 0.25) is 0 Å². The topological polar surface area (TPSA) is 148 Å². The zero-order valence-corrected chi connectivity index (χ0v) is 7.00. The highest BCUT2D eigenvalue weighted by Gasteiger charge is 2.26. The fourth-order valence-electron chi connectivity index (χ4n) is 0.848. The lowest BCUT2D eigenvalue weighted by Crippen LogP contribution is -2.03. The van der Waals surface area contributed by atoms with E-state index in [-0.39, 0.29) is 0 Å². The molecule has 0 atom stereocenters. The van der Waals surface area contributed by atoms with Crippen molar-refractivity contribution in [2.45, 2.75) is 0 Å². The van der Waals surface area contributed by atoms with E-state index < -0.39 is 40.7 Å². The Labute approximate surface area is 81.8 Å². The number of phenolic OH excluding ortho intramolecular Hbond substituents is 5. The fourth-order valence-corrected chi connectivity index (χ4v) is 0.848. The van der Waals surface area contributed by atoms with Gasteiger partial charge in [-0.3, -0.25) is 0 Å². The van der Waals surface area contributed by atoms with Gasteiger partial charge in [-0.25, -0.2) is 4.79 Å². The van der Waals surface area contributed by atoms with Gasteiger partial charge in [-0.05, 0) is 0 Å².